The van der Waals surface area contributed by atoms with Gasteiger partial charge in [-0.05, 0) is 36.1 Å². The van der Waals surface area contributed by atoms with Crippen molar-refractivity contribution in [2.45, 2.75) is 19.8 Å². The molecule has 0 bridgehead atoms. The normalized spacial score (nSPS) is 13.3. The van der Waals surface area contributed by atoms with Crippen LogP contribution in [0.15, 0.2) is 12.1 Å². The van der Waals surface area contributed by atoms with Crippen molar-refractivity contribution in [3.63, 3.8) is 0 Å². The molecule has 2 rings (SSSR count). The van der Waals surface area contributed by atoms with Crippen LogP contribution in [0.1, 0.15) is 28.2 Å². The van der Waals surface area contributed by atoms with Crippen LogP contribution >= 0.6 is 0 Å². The number of hydrogen-bond acceptors (Lipinski definition) is 5. The third-order valence-corrected chi connectivity index (χ3v) is 3.18. The summed E-state index contributed by atoms with van der Waals surface area (Å²) < 4.78 is 50.1. The Hall–Kier alpha value is -1.09. The lowest BCUT2D eigenvalue weighted by molar-refractivity contribution is 0.269. The van der Waals surface area contributed by atoms with Gasteiger partial charge in [0.2, 0.25) is 0 Å². The lowest BCUT2D eigenvalue weighted by Gasteiger charge is -1.95. The van der Waals surface area contributed by atoms with E-state index in [0.29, 0.717) is 0 Å². The maximum Gasteiger partial charge on any atom is 0.397 e. The standard InChI is InChI=1S/C10H12O4S.O2S/c1-6-3-8-9(4-7(6)2)10(8)5-14-15(11,12)13;1-3-2/h3-4,10H,5H2,1-2H3,(H,11,12,13);. The van der Waals surface area contributed by atoms with Gasteiger partial charge in [-0.3, -0.25) is 4.55 Å². The van der Waals surface area contributed by atoms with Crippen molar-refractivity contribution in [3.8, 4) is 0 Å². The van der Waals surface area contributed by atoms with Crippen LogP contribution in [-0.4, -0.2) is 28.0 Å². The van der Waals surface area contributed by atoms with Crippen molar-refractivity contribution >= 4 is 22.0 Å². The zero-order chi connectivity index (χ0) is 13.9. The van der Waals surface area contributed by atoms with E-state index >= 15 is 0 Å². The molecule has 0 unspecified atom stereocenters. The third kappa shape index (κ3) is 3.98. The van der Waals surface area contributed by atoms with E-state index in [1.54, 1.807) is 0 Å². The topological polar surface area (TPSA) is 97.7 Å². The van der Waals surface area contributed by atoms with E-state index in [-0.39, 0.29) is 12.5 Å². The molecule has 0 saturated carbocycles. The van der Waals surface area contributed by atoms with Crippen molar-refractivity contribution in [1.29, 1.82) is 0 Å². The van der Waals surface area contributed by atoms with Crippen molar-refractivity contribution in [3.05, 3.63) is 34.4 Å². The first kappa shape index (κ1) is 15.0. The molecule has 6 nitrogen and oxygen atoms in total. The second-order valence-electron chi connectivity index (χ2n) is 3.90. The SMILES string of the molecule is Cc1cc2c(cc1C)C2COS(=O)(=O)O.O=S=O. The average molecular weight is 292 g/mol. The van der Waals surface area contributed by atoms with Gasteiger partial charge in [-0.25, -0.2) is 4.18 Å². The molecule has 1 aliphatic carbocycles. The monoisotopic (exact) mass is 292 g/mol. The Morgan fingerprint density at radius 2 is 1.61 bits per heavy atom. The fraction of sp³-hybridized carbons (Fsp3) is 0.400. The maximum absolute atomic E-state index is 10.4. The fourth-order valence-electron chi connectivity index (χ4n) is 1.70. The second kappa shape index (κ2) is 5.70. The molecule has 1 aliphatic rings. The lowest BCUT2D eigenvalue weighted by Crippen LogP contribution is -2.05. The Kier molecular flexibility index (Phi) is 4.74. The van der Waals surface area contributed by atoms with Gasteiger partial charge >= 0.3 is 22.0 Å². The predicted octanol–water partition coefficient (Wildman–Crippen LogP) is 0.898. The molecule has 100 valence electrons. The van der Waals surface area contributed by atoms with Gasteiger partial charge in [0.25, 0.3) is 0 Å². The van der Waals surface area contributed by atoms with E-state index in [1.165, 1.54) is 11.1 Å². The zero-order valence-corrected chi connectivity index (χ0v) is 11.4. The van der Waals surface area contributed by atoms with Gasteiger partial charge in [0.1, 0.15) is 0 Å². The average Bonchev–Trinajstić information content (AvgIpc) is 2.88. The predicted molar refractivity (Wildman–Crippen MR) is 64.2 cm³/mol. The molecule has 0 heterocycles. The van der Waals surface area contributed by atoms with E-state index < -0.39 is 22.0 Å². The summed E-state index contributed by atoms with van der Waals surface area (Å²) in [5.74, 6) is 0.0272. The van der Waals surface area contributed by atoms with Gasteiger partial charge in [0, 0.05) is 5.92 Å². The summed E-state index contributed by atoms with van der Waals surface area (Å²) in [6.45, 7) is 4.01. The minimum Gasteiger partial charge on any atom is -0.264 e. The number of hydrogen-bond donors (Lipinski definition) is 1. The second-order valence-corrected chi connectivity index (χ2v) is 5.13. The fourth-order valence-corrected chi connectivity index (χ4v) is 2.01. The van der Waals surface area contributed by atoms with Crippen LogP contribution in [0.2, 0.25) is 0 Å². The molecular weight excluding hydrogens is 280 g/mol. The molecule has 0 radical (unpaired) electrons. The summed E-state index contributed by atoms with van der Waals surface area (Å²) in [5, 5.41) is 0. The summed E-state index contributed by atoms with van der Waals surface area (Å²) >= 11 is -0.750. The Bertz CT molecular complexity index is 558. The van der Waals surface area contributed by atoms with Crippen LogP contribution in [0.25, 0.3) is 0 Å². The molecule has 0 aromatic heterocycles. The highest BCUT2D eigenvalue weighted by molar-refractivity contribution is 7.80. The molecule has 1 N–H and O–H groups in total. The van der Waals surface area contributed by atoms with Gasteiger partial charge in [-0.15, -0.1) is 0 Å². The van der Waals surface area contributed by atoms with Crippen molar-refractivity contribution in [2.24, 2.45) is 0 Å². The summed E-state index contributed by atoms with van der Waals surface area (Å²) in [7, 11) is -4.32. The molecular formula is C10H12O6S2. The number of aryl methyl sites for hydroxylation is 2. The van der Waals surface area contributed by atoms with Gasteiger partial charge in [0.15, 0.2) is 0 Å². The Balaban J connectivity index is 0.000000492. The Labute approximate surface area is 109 Å². The van der Waals surface area contributed by atoms with Crippen LogP contribution in [-0.2, 0) is 26.2 Å². The molecule has 0 saturated heterocycles. The highest BCUT2D eigenvalue weighted by Gasteiger charge is 2.34. The van der Waals surface area contributed by atoms with E-state index in [1.807, 2.05) is 26.0 Å². The maximum atomic E-state index is 10.4. The van der Waals surface area contributed by atoms with Crippen LogP contribution in [0.5, 0.6) is 0 Å². The third-order valence-electron chi connectivity index (χ3n) is 2.75. The highest BCUT2D eigenvalue weighted by Crippen LogP contribution is 2.44. The van der Waals surface area contributed by atoms with Crippen LogP contribution in [0, 0.1) is 13.8 Å². The highest BCUT2D eigenvalue weighted by atomic mass is 32.3. The van der Waals surface area contributed by atoms with Gasteiger partial charge in [-0.1, -0.05) is 12.1 Å². The van der Waals surface area contributed by atoms with E-state index in [0.717, 1.165) is 11.1 Å². The van der Waals surface area contributed by atoms with E-state index in [2.05, 4.69) is 4.18 Å². The largest absolute Gasteiger partial charge is 0.397 e. The van der Waals surface area contributed by atoms with Crippen molar-refractivity contribution in [2.75, 3.05) is 6.61 Å². The molecule has 0 atom stereocenters. The van der Waals surface area contributed by atoms with Crippen LogP contribution in [0.4, 0.5) is 0 Å². The molecule has 0 spiro atoms. The Morgan fingerprint density at radius 3 is 1.94 bits per heavy atom. The van der Waals surface area contributed by atoms with Gasteiger partial charge in [0.05, 0.1) is 6.61 Å². The minimum absolute atomic E-state index is 0.00292. The summed E-state index contributed by atoms with van der Waals surface area (Å²) in [4.78, 5) is 0. The van der Waals surface area contributed by atoms with E-state index in [9.17, 15) is 8.42 Å². The number of fused-ring (bicyclic) bond motifs is 1. The van der Waals surface area contributed by atoms with Crippen molar-refractivity contribution in [1.82, 2.24) is 0 Å². The lowest BCUT2D eigenvalue weighted by atomic mass is 10.1. The zero-order valence-electron chi connectivity index (χ0n) is 9.74. The van der Waals surface area contributed by atoms with Crippen LogP contribution < -0.4 is 0 Å². The summed E-state index contributed by atoms with van der Waals surface area (Å²) in [6, 6.07) is 4.06. The molecule has 0 amide bonds. The summed E-state index contributed by atoms with van der Waals surface area (Å²) in [5.41, 5.74) is 4.59. The molecule has 0 aliphatic heterocycles. The number of benzene rings is 1. The first-order valence-electron chi connectivity index (χ1n) is 4.94. The Morgan fingerprint density at radius 1 is 1.22 bits per heavy atom. The van der Waals surface area contributed by atoms with Crippen LogP contribution in [0.3, 0.4) is 0 Å². The minimum atomic E-state index is -4.32. The molecule has 8 heteroatoms. The first-order valence-corrected chi connectivity index (χ1v) is 6.98. The van der Waals surface area contributed by atoms with Gasteiger partial charge < -0.3 is 0 Å². The molecule has 0 fully saturated rings. The first-order chi connectivity index (χ1) is 8.30. The summed E-state index contributed by atoms with van der Waals surface area (Å²) in [6.07, 6.45) is 0. The quantitative estimate of drug-likeness (QED) is 0.831. The molecule has 1 aromatic carbocycles. The van der Waals surface area contributed by atoms with Crippen molar-refractivity contribution < 1.29 is 25.6 Å². The smallest absolute Gasteiger partial charge is 0.264 e. The number of rotatable bonds is 3. The molecule has 1 aromatic rings. The van der Waals surface area contributed by atoms with Gasteiger partial charge in [-0.2, -0.15) is 16.8 Å². The van der Waals surface area contributed by atoms with E-state index in [4.69, 9.17) is 13.0 Å². The molecule has 18 heavy (non-hydrogen) atoms.